The molecule has 0 saturated heterocycles. The summed E-state index contributed by atoms with van der Waals surface area (Å²) in [5.41, 5.74) is 1.48. The van der Waals surface area contributed by atoms with Gasteiger partial charge in [0.25, 0.3) is 0 Å². The van der Waals surface area contributed by atoms with Gasteiger partial charge in [0.2, 0.25) is 0 Å². The van der Waals surface area contributed by atoms with Gasteiger partial charge >= 0.3 is 0 Å². The van der Waals surface area contributed by atoms with Gasteiger partial charge in [-0.15, -0.1) is 0 Å². The van der Waals surface area contributed by atoms with E-state index >= 15 is 0 Å². The van der Waals surface area contributed by atoms with Crippen LogP contribution in [0.4, 0.5) is 0 Å². The van der Waals surface area contributed by atoms with Crippen molar-refractivity contribution < 1.29 is 0 Å². The van der Waals surface area contributed by atoms with E-state index in [0.717, 1.165) is 13.0 Å². The summed E-state index contributed by atoms with van der Waals surface area (Å²) in [5, 5.41) is 3.10. The lowest BCUT2D eigenvalue weighted by atomic mass is 10.2. The molecule has 0 spiro atoms. The van der Waals surface area contributed by atoms with Gasteiger partial charge in [-0.3, -0.25) is 0 Å². The quantitative estimate of drug-likeness (QED) is 0.559. The molecule has 0 bridgehead atoms. The third-order valence-corrected chi connectivity index (χ3v) is 1.25. The normalized spacial score (nSPS) is 16.9. The zero-order chi connectivity index (χ0) is 5.82. The van der Waals surface area contributed by atoms with Crippen molar-refractivity contribution in [1.82, 2.24) is 5.32 Å². The lowest BCUT2D eigenvalue weighted by molar-refractivity contribution is 0.866. The third-order valence-electron chi connectivity index (χ3n) is 1.25. The van der Waals surface area contributed by atoms with Crippen molar-refractivity contribution in [3.05, 3.63) is 23.8 Å². The molecule has 0 saturated carbocycles. The second-order valence-corrected chi connectivity index (χ2v) is 1.99. The number of rotatable bonds is 2. The standard InChI is InChI=1S/C7H11N/c1-8-6-7-4-2-3-5-7/h2-4,8H,5-6H2,1H3. The second kappa shape index (κ2) is 2.68. The van der Waals surface area contributed by atoms with Crippen LogP contribution in [-0.2, 0) is 0 Å². The number of hydrogen-bond donors (Lipinski definition) is 1. The molecule has 1 heteroatoms. The predicted octanol–water partition coefficient (Wildman–Crippen LogP) is 1.09. The average Bonchev–Trinajstić information content (AvgIpc) is 2.19. The Morgan fingerprint density at radius 3 is 3.12 bits per heavy atom. The van der Waals surface area contributed by atoms with Crippen LogP contribution in [0.2, 0.25) is 0 Å². The zero-order valence-electron chi connectivity index (χ0n) is 5.15. The third kappa shape index (κ3) is 1.20. The largest absolute Gasteiger partial charge is 0.316 e. The van der Waals surface area contributed by atoms with Crippen LogP contribution in [0.1, 0.15) is 6.42 Å². The molecular formula is C7H11N. The first-order chi connectivity index (χ1) is 3.93. The topological polar surface area (TPSA) is 12.0 Å². The first-order valence-electron chi connectivity index (χ1n) is 2.92. The van der Waals surface area contributed by atoms with Crippen molar-refractivity contribution >= 4 is 0 Å². The van der Waals surface area contributed by atoms with Gasteiger partial charge in [-0.1, -0.05) is 23.8 Å². The van der Waals surface area contributed by atoms with Crippen LogP contribution < -0.4 is 5.32 Å². The minimum atomic E-state index is 1.03. The maximum Gasteiger partial charge on any atom is 0.0167 e. The summed E-state index contributed by atoms with van der Waals surface area (Å²) in [6.45, 7) is 1.03. The molecule has 0 aromatic heterocycles. The van der Waals surface area contributed by atoms with E-state index in [1.165, 1.54) is 5.57 Å². The van der Waals surface area contributed by atoms with Crippen LogP contribution in [0.25, 0.3) is 0 Å². The van der Waals surface area contributed by atoms with E-state index in [2.05, 4.69) is 23.5 Å². The van der Waals surface area contributed by atoms with E-state index in [1.54, 1.807) is 0 Å². The molecule has 1 nitrogen and oxygen atoms in total. The summed E-state index contributed by atoms with van der Waals surface area (Å²) in [6.07, 6.45) is 7.58. The maximum atomic E-state index is 3.10. The summed E-state index contributed by atoms with van der Waals surface area (Å²) < 4.78 is 0. The molecular weight excluding hydrogens is 98.1 g/mol. The molecule has 0 amide bonds. The number of nitrogens with one attached hydrogen (secondary N) is 1. The summed E-state index contributed by atoms with van der Waals surface area (Å²) in [5.74, 6) is 0. The molecule has 0 fully saturated rings. The average molecular weight is 109 g/mol. The molecule has 1 rings (SSSR count). The Morgan fingerprint density at radius 2 is 2.62 bits per heavy atom. The molecule has 0 radical (unpaired) electrons. The van der Waals surface area contributed by atoms with E-state index in [-0.39, 0.29) is 0 Å². The van der Waals surface area contributed by atoms with Crippen molar-refractivity contribution in [2.24, 2.45) is 0 Å². The molecule has 8 heavy (non-hydrogen) atoms. The smallest absolute Gasteiger partial charge is 0.0167 e. The first kappa shape index (κ1) is 5.57. The van der Waals surface area contributed by atoms with Crippen molar-refractivity contribution in [2.45, 2.75) is 6.42 Å². The Kier molecular flexibility index (Phi) is 1.86. The highest BCUT2D eigenvalue weighted by atomic mass is 14.8. The van der Waals surface area contributed by atoms with E-state index < -0.39 is 0 Å². The summed E-state index contributed by atoms with van der Waals surface area (Å²) >= 11 is 0. The second-order valence-electron chi connectivity index (χ2n) is 1.99. The van der Waals surface area contributed by atoms with Gasteiger partial charge in [0.1, 0.15) is 0 Å². The molecule has 0 aromatic rings. The molecule has 0 atom stereocenters. The van der Waals surface area contributed by atoms with Crippen LogP contribution in [0.3, 0.4) is 0 Å². The lowest BCUT2D eigenvalue weighted by Gasteiger charge is -1.96. The van der Waals surface area contributed by atoms with E-state index in [4.69, 9.17) is 0 Å². The molecule has 0 heterocycles. The van der Waals surface area contributed by atoms with Crippen LogP contribution in [-0.4, -0.2) is 13.6 Å². The van der Waals surface area contributed by atoms with E-state index in [0.29, 0.717) is 0 Å². The SMILES string of the molecule is CNCC1=CC=CC1. The Hall–Kier alpha value is -0.560. The van der Waals surface area contributed by atoms with E-state index in [1.807, 2.05) is 7.05 Å². The van der Waals surface area contributed by atoms with Gasteiger partial charge < -0.3 is 5.32 Å². The molecule has 1 aliphatic carbocycles. The highest BCUT2D eigenvalue weighted by Gasteiger charge is 1.94. The number of likely N-dealkylation sites (N-methyl/N-ethyl adjacent to an activating group) is 1. The summed E-state index contributed by atoms with van der Waals surface area (Å²) in [7, 11) is 1.97. The summed E-state index contributed by atoms with van der Waals surface area (Å²) in [6, 6.07) is 0. The van der Waals surface area contributed by atoms with Crippen molar-refractivity contribution in [3.8, 4) is 0 Å². The highest BCUT2D eigenvalue weighted by molar-refractivity contribution is 5.23. The van der Waals surface area contributed by atoms with Crippen LogP contribution >= 0.6 is 0 Å². The number of hydrogen-bond acceptors (Lipinski definition) is 1. The van der Waals surface area contributed by atoms with Gasteiger partial charge in [-0.05, 0) is 13.5 Å². The van der Waals surface area contributed by atoms with Crippen molar-refractivity contribution in [3.63, 3.8) is 0 Å². The Morgan fingerprint density at radius 1 is 1.75 bits per heavy atom. The highest BCUT2D eigenvalue weighted by Crippen LogP contribution is 2.07. The molecule has 1 N–H and O–H groups in total. The molecule has 0 aromatic carbocycles. The van der Waals surface area contributed by atoms with Crippen LogP contribution in [0, 0.1) is 0 Å². The summed E-state index contributed by atoms with van der Waals surface area (Å²) in [4.78, 5) is 0. The minimum absolute atomic E-state index is 1.03. The van der Waals surface area contributed by atoms with Gasteiger partial charge in [-0.25, -0.2) is 0 Å². The Balaban J connectivity index is 2.28. The van der Waals surface area contributed by atoms with Crippen molar-refractivity contribution in [2.75, 3.05) is 13.6 Å². The van der Waals surface area contributed by atoms with E-state index in [9.17, 15) is 0 Å². The van der Waals surface area contributed by atoms with Crippen LogP contribution in [0.5, 0.6) is 0 Å². The fourth-order valence-corrected chi connectivity index (χ4v) is 0.850. The van der Waals surface area contributed by atoms with Crippen LogP contribution in [0.15, 0.2) is 23.8 Å². The fourth-order valence-electron chi connectivity index (χ4n) is 0.850. The van der Waals surface area contributed by atoms with Gasteiger partial charge in [0.05, 0.1) is 0 Å². The van der Waals surface area contributed by atoms with Gasteiger partial charge in [-0.2, -0.15) is 0 Å². The van der Waals surface area contributed by atoms with Gasteiger partial charge in [0, 0.05) is 6.54 Å². The molecule has 0 unspecified atom stereocenters. The molecule has 1 aliphatic rings. The minimum Gasteiger partial charge on any atom is -0.316 e. The molecule has 0 aliphatic heterocycles. The molecule has 44 valence electrons. The maximum absolute atomic E-state index is 3.10. The zero-order valence-corrected chi connectivity index (χ0v) is 5.15. The number of allylic oxidation sites excluding steroid dienone is 3. The van der Waals surface area contributed by atoms with Gasteiger partial charge in [0.15, 0.2) is 0 Å². The monoisotopic (exact) mass is 109 g/mol. The predicted molar refractivity (Wildman–Crippen MR) is 35.8 cm³/mol. The Bertz CT molecular complexity index is 122. The Labute approximate surface area is 50.1 Å². The van der Waals surface area contributed by atoms with Crippen molar-refractivity contribution in [1.29, 1.82) is 0 Å². The fraction of sp³-hybridized carbons (Fsp3) is 0.429. The first-order valence-corrected chi connectivity index (χ1v) is 2.92. The lowest BCUT2D eigenvalue weighted by Crippen LogP contribution is -2.08.